The van der Waals surface area contributed by atoms with E-state index in [0.29, 0.717) is 29.1 Å². The molecule has 3 N–H and O–H groups in total. The average molecular weight is 480 g/mol. The lowest BCUT2D eigenvalue weighted by Crippen LogP contribution is -2.35. The summed E-state index contributed by atoms with van der Waals surface area (Å²) in [5.41, 5.74) is 1.96. The minimum atomic E-state index is 0.0324. The van der Waals surface area contributed by atoms with Crippen molar-refractivity contribution < 1.29 is 9.84 Å². The van der Waals surface area contributed by atoms with Crippen molar-refractivity contribution in [1.29, 1.82) is 0 Å². The third-order valence-corrected chi connectivity index (χ3v) is 6.08. The molecule has 0 radical (unpaired) electrons. The SMILES string of the molecule is OCCNc1cc(CN2CCOCC2)cc(Nc2ncc(-c3nnn(-c4ccccc4)n3)s2)n1. The molecule has 0 atom stereocenters. The van der Waals surface area contributed by atoms with E-state index < -0.39 is 0 Å². The molecule has 0 spiro atoms. The third kappa shape index (κ3) is 5.54. The van der Waals surface area contributed by atoms with Crippen molar-refractivity contribution in [2.75, 3.05) is 50.1 Å². The van der Waals surface area contributed by atoms with Crippen LogP contribution in [0.25, 0.3) is 16.4 Å². The number of tetrazole rings is 1. The van der Waals surface area contributed by atoms with Gasteiger partial charge in [-0.05, 0) is 35.0 Å². The third-order valence-electron chi connectivity index (χ3n) is 5.17. The first-order valence-corrected chi connectivity index (χ1v) is 11.8. The summed E-state index contributed by atoms with van der Waals surface area (Å²) >= 11 is 1.43. The molecule has 0 amide bonds. The highest BCUT2D eigenvalue weighted by Crippen LogP contribution is 2.29. The number of ether oxygens (including phenoxy) is 1. The number of rotatable bonds is 9. The Hall–Kier alpha value is -3.45. The number of nitrogens with zero attached hydrogens (tertiary/aromatic N) is 7. The van der Waals surface area contributed by atoms with E-state index in [4.69, 9.17) is 4.74 Å². The maximum absolute atomic E-state index is 9.19. The van der Waals surface area contributed by atoms with Gasteiger partial charge in [-0.2, -0.15) is 0 Å². The highest BCUT2D eigenvalue weighted by molar-refractivity contribution is 7.18. The Morgan fingerprint density at radius 2 is 1.91 bits per heavy atom. The molecular weight excluding hydrogens is 454 g/mol. The van der Waals surface area contributed by atoms with Crippen LogP contribution in [-0.2, 0) is 11.3 Å². The Labute approximate surface area is 200 Å². The number of hydrogen-bond acceptors (Lipinski definition) is 11. The lowest BCUT2D eigenvalue weighted by Gasteiger charge is -2.26. The maximum atomic E-state index is 9.19. The van der Waals surface area contributed by atoms with E-state index in [1.165, 1.54) is 16.1 Å². The van der Waals surface area contributed by atoms with Crippen LogP contribution in [0.1, 0.15) is 5.56 Å². The first-order valence-electron chi connectivity index (χ1n) is 11.0. The molecule has 1 saturated heterocycles. The van der Waals surface area contributed by atoms with Gasteiger partial charge in [-0.3, -0.25) is 4.90 Å². The van der Waals surface area contributed by atoms with E-state index in [0.717, 1.165) is 49.0 Å². The van der Waals surface area contributed by atoms with Crippen LogP contribution in [-0.4, -0.2) is 79.6 Å². The molecule has 1 aromatic carbocycles. The van der Waals surface area contributed by atoms with E-state index in [1.807, 2.05) is 42.5 Å². The van der Waals surface area contributed by atoms with Gasteiger partial charge in [-0.25, -0.2) is 9.97 Å². The van der Waals surface area contributed by atoms with Crippen LogP contribution in [0.15, 0.2) is 48.7 Å². The maximum Gasteiger partial charge on any atom is 0.216 e. The van der Waals surface area contributed by atoms with E-state index in [2.05, 4.69) is 40.9 Å². The zero-order valence-corrected chi connectivity index (χ0v) is 19.3. The van der Waals surface area contributed by atoms with Crippen LogP contribution in [0.5, 0.6) is 0 Å². The van der Waals surface area contributed by atoms with Crippen LogP contribution in [0.3, 0.4) is 0 Å². The summed E-state index contributed by atoms with van der Waals surface area (Å²) in [5.74, 6) is 1.88. The molecule has 0 saturated carbocycles. The number of para-hydroxylation sites is 1. The topological polar surface area (TPSA) is 126 Å². The number of aromatic nitrogens is 6. The summed E-state index contributed by atoms with van der Waals surface area (Å²) in [6.45, 7) is 4.55. The zero-order chi connectivity index (χ0) is 23.2. The van der Waals surface area contributed by atoms with Crippen molar-refractivity contribution in [2.24, 2.45) is 0 Å². The molecule has 0 bridgehead atoms. The number of aliphatic hydroxyl groups excluding tert-OH is 1. The van der Waals surface area contributed by atoms with E-state index in [1.54, 1.807) is 6.20 Å². The Morgan fingerprint density at radius 3 is 2.74 bits per heavy atom. The number of nitrogens with one attached hydrogen (secondary N) is 2. The number of pyridine rings is 1. The highest BCUT2D eigenvalue weighted by atomic mass is 32.1. The number of hydrogen-bond donors (Lipinski definition) is 3. The molecule has 3 aromatic heterocycles. The van der Waals surface area contributed by atoms with Gasteiger partial charge in [0, 0.05) is 26.2 Å². The van der Waals surface area contributed by atoms with Crippen LogP contribution >= 0.6 is 11.3 Å². The minimum Gasteiger partial charge on any atom is -0.395 e. The predicted molar refractivity (Wildman–Crippen MR) is 129 cm³/mol. The van der Waals surface area contributed by atoms with E-state index in [9.17, 15) is 5.11 Å². The summed E-state index contributed by atoms with van der Waals surface area (Å²) in [4.78, 5) is 13.7. The summed E-state index contributed by atoms with van der Waals surface area (Å²) < 4.78 is 5.45. The lowest BCUT2D eigenvalue weighted by molar-refractivity contribution is 0.0342. The van der Waals surface area contributed by atoms with Crippen molar-refractivity contribution in [2.45, 2.75) is 6.54 Å². The van der Waals surface area contributed by atoms with Gasteiger partial charge < -0.3 is 20.5 Å². The fourth-order valence-electron chi connectivity index (χ4n) is 3.56. The molecule has 34 heavy (non-hydrogen) atoms. The van der Waals surface area contributed by atoms with Gasteiger partial charge in [0.25, 0.3) is 0 Å². The zero-order valence-electron chi connectivity index (χ0n) is 18.5. The summed E-state index contributed by atoms with van der Waals surface area (Å²) in [6.07, 6.45) is 1.72. The van der Waals surface area contributed by atoms with Gasteiger partial charge in [0.05, 0.1) is 36.6 Å². The van der Waals surface area contributed by atoms with E-state index in [-0.39, 0.29) is 6.61 Å². The molecule has 12 heteroatoms. The standard InChI is InChI=1S/C22H25N9O2S/c32-9-6-23-19-12-16(15-30-7-10-33-11-8-30)13-20(25-19)26-22-24-14-18(34-22)21-27-29-31(28-21)17-4-2-1-3-5-17/h1-5,12-14,32H,6-11,15H2,(H2,23,24,25,26). The molecule has 1 fully saturated rings. The molecule has 1 aliphatic rings. The Bertz CT molecular complexity index is 1210. The van der Waals surface area contributed by atoms with E-state index >= 15 is 0 Å². The van der Waals surface area contributed by atoms with Crippen LogP contribution in [0.4, 0.5) is 16.8 Å². The second kappa shape index (κ2) is 10.7. The average Bonchev–Trinajstić information content (AvgIpc) is 3.54. The largest absolute Gasteiger partial charge is 0.395 e. The van der Waals surface area contributed by atoms with Gasteiger partial charge in [-0.1, -0.05) is 29.5 Å². The predicted octanol–water partition coefficient (Wildman–Crippen LogP) is 2.16. The number of thiazole rings is 1. The quantitative estimate of drug-likeness (QED) is 0.329. The second-order valence-corrected chi connectivity index (χ2v) is 8.71. The Balaban J connectivity index is 1.32. The number of anilines is 3. The van der Waals surface area contributed by atoms with Crippen molar-refractivity contribution in [3.63, 3.8) is 0 Å². The molecule has 0 aliphatic carbocycles. The normalized spacial score (nSPS) is 14.3. The van der Waals surface area contributed by atoms with Crippen molar-refractivity contribution >= 4 is 28.1 Å². The smallest absolute Gasteiger partial charge is 0.216 e. The van der Waals surface area contributed by atoms with Gasteiger partial charge in [-0.15, -0.1) is 15.0 Å². The summed E-state index contributed by atoms with van der Waals surface area (Å²) in [5, 5.41) is 29.1. The van der Waals surface area contributed by atoms with Gasteiger partial charge in [0.1, 0.15) is 11.6 Å². The van der Waals surface area contributed by atoms with Crippen molar-refractivity contribution in [3.05, 3.63) is 54.2 Å². The molecule has 0 unspecified atom stereocenters. The molecule has 4 heterocycles. The van der Waals surface area contributed by atoms with Crippen LogP contribution in [0.2, 0.25) is 0 Å². The molecule has 1 aliphatic heterocycles. The molecule has 176 valence electrons. The first kappa shape index (κ1) is 22.3. The highest BCUT2D eigenvalue weighted by Gasteiger charge is 2.14. The fourth-order valence-corrected chi connectivity index (χ4v) is 4.31. The number of aliphatic hydroxyl groups is 1. The fraction of sp³-hybridized carbons (Fsp3) is 0.318. The van der Waals surface area contributed by atoms with Gasteiger partial charge >= 0.3 is 0 Å². The number of morpholine rings is 1. The van der Waals surface area contributed by atoms with Gasteiger partial charge in [0.2, 0.25) is 5.82 Å². The summed E-state index contributed by atoms with van der Waals surface area (Å²) in [6, 6.07) is 13.7. The molecule has 4 aromatic rings. The van der Waals surface area contributed by atoms with Gasteiger partial charge in [0.15, 0.2) is 5.13 Å². The molecular formula is C22H25N9O2S. The Kier molecular flexibility index (Phi) is 7.00. The lowest BCUT2D eigenvalue weighted by atomic mass is 10.2. The first-order chi connectivity index (χ1) is 16.8. The van der Waals surface area contributed by atoms with Crippen LogP contribution < -0.4 is 10.6 Å². The van der Waals surface area contributed by atoms with Crippen molar-refractivity contribution in [1.82, 2.24) is 35.1 Å². The molecule has 5 rings (SSSR count). The monoisotopic (exact) mass is 479 g/mol. The second-order valence-electron chi connectivity index (χ2n) is 7.68. The van der Waals surface area contributed by atoms with Crippen LogP contribution in [0, 0.1) is 0 Å². The number of benzene rings is 1. The molecule has 11 nitrogen and oxygen atoms in total. The summed E-state index contributed by atoms with van der Waals surface area (Å²) in [7, 11) is 0. The Morgan fingerprint density at radius 1 is 1.09 bits per heavy atom. The minimum absolute atomic E-state index is 0.0324. The van der Waals surface area contributed by atoms with Crippen molar-refractivity contribution in [3.8, 4) is 16.4 Å².